The number of aromatic nitrogens is 2. The standard InChI is InChI=1S/C16H18N4O/c1-4-9-17-16(21)14-7-8-15(20-19-14)18-13-6-5-11(2)10-12(13)3/h4-8,10H,1,9H2,2-3H3,(H,17,21)(H,18,20). The number of anilines is 2. The fraction of sp³-hybridized carbons (Fsp3) is 0.188. The number of nitrogens with one attached hydrogen (secondary N) is 2. The van der Waals surface area contributed by atoms with Gasteiger partial charge >= 0.3 is 0 Å². The average molecular weight is 282 g/mol. The van der Waals surface area contributed by atoms with Crippen LogP contribution >= 0.6 is 0 Å². The Morgan fingerprint density at radius 1 is 1.24 bits per heavy atom. The van der Waals surface area contributed by atoms with E-state index in [0.717, 1.165) is 11.3 Å². The predicted octanol–water partition coefficient (Wildman–Crippen LogP) is 2.75. The van der Waals surface area contributed by atoms with Crippen molar-refractivity contribution >= 4 is 17.4 Å². The van der Waals surface area contributed by atoms with Crippen LogP contribution in [-0.2, 0) is 0 Å². The summed E-state index contributed by atoms with van der Waals surface area (Å²) in [5.41, 5.74) is 3.59. The highest BCUT2D eigenvalue weighted by molar-refractivity contribution is 5.92. The van der Waals surface area contributed by atoms with Crippen LogP contribution in [0.3, 0.4) is 0 Å². The molecule has 0 aliphatic heterocycles. The Morgan fingerprint density at radius 2 is 2.05 bits per heavy atom. The SMILES string of the molecule is C=CCNC(=O)c1ccc(Nc2ccc(C)cc2C)nn1. The van der Waals surface area contributed by atoms with E-state index in [1.54, 1.807) is 18.2 Å². The molecule has 0 radical (unpaired) electrons. The van der Waals surface area contributed by atoms with E-state index in [1.165, 1.54) is 5.56 Å². The minimum Gasteiger partial charge on any atom is -0.347 e. The van der Waals surface area contributed by atoms with Crippen molar-refractivity contribution < 1.29 is 4.79 Å². The summed E-state index contributed by atoms with van der Waals surface area (Å²) in [6.07, 6.45) is 1.61. The Morgan fingerprint density at radius 3 is 2.67 bits per heavy atom. The molecule has 0 fully saturated rings. The zero-order chi connectivity index (χ0) is 15.2. The van der Waals surface area contributed by atoms with Gasteiger partial charge in [0.25, 0.3) is 5.91 Å². The number of benzene rings is 1. The van der Waals surface area contributed by atoms with Crippen LogP contribution in [0.25, 0.3) is 0 Å². The van der Waals surface area contributed by atoms with Gasteiger partial charge in [0.1, 0.15) is 0 Å². The molecule has 0 spiro atoms. The number of hydrogen-bond acceptors (Lipinski definition) is 4. The Balaban J connectivity index is 2.08. The molecule has 0 unspecified atom stereocenters. The zero-order valence-corrected chi connectivity index (χ0v) is 12.2. The number of carbonyl (C=O) groups is 1. The van der Waals surface area contributed by atoms with Gasteiger partial charge in [-0.2, -0.15) is 0 Å². The summed E-state index contributed by atoms with van der Waals surface area (Å²) in [6.45, 7) is 8.02. The van der Waals surface area contributed by atoms with E-state index in [2.05, 4.69) is 33.5 Å². The van der Waals surface area contributed by atoms with Crippen LogP contribution < -0.4 is 10.6 Å². The number of carbonyl (C=O) groups excluding carboxylic acids is 1. The van der Waals surface area contributed by atoms with Gasteiger partial charge in [-0.1, -0.05) is 23.8 Å². The summed E-state index contributed by atoms with van der Waals surface area (Å²) < 4.78 is 0. The fourth-order valence-corrected chi connectivity index (χ4v) is 1.87. The van der Waals surface area contributed by atoms with Crippen molar-refractivity contribution in [3.63, 3.8) is 0 Å². The lowest BCUT2D eigenvalue weighted by Crippen LogP contribution is -2.24. The molecule has 2 aromatic rings. The molecule has 5 heteroatoms. The number of amides is 1. The fourth-order valence-electron chi connectivity index (χ4n) is 1.87. The summed E-state index contributed by atoms with van der Waals surface area (Å²) >= 11 is 0. The second kappa shape index (κ2) is 6.65. The lowest BCUT2D eigenvalue weighted by atomic mass is 10.1. The second-order valence-electron chi connectivity index (χ2n) is 4.75. The first-order valence-electron chi connectivity index (χ1n) is 6.67. The van der Waals surface area contributed by atoms with Crippen molar-refractivity contribution in [2.24, 2.45) is 0 Å². The summed E-state index contributed by atoms with van der Waals surface area (Å²) in [4.78, 5) is 11.7. The minimum atomic E-state index is -0.263. The van der Waals surface area contributed by atoms with Gasteiger partial charge in [0, 0.05) is 12.2 Å². The molecule has 0 saturated carbocycles. The summed E-state index contributed by atoms with van der Waals surface area (Å²) in [5, 5.41) is 13.8. The molecule has 1 amide bonds. The molecule has 2 N–H and O–H groups in total. The highest BCUT2D eigenvalue weighted by atomic mass is 16.1. The van der Waals surface area contributed by atoms with Gasteiger partial charge in [0.2, 0.25) is 0 Å². The molecule has 0 atom stereocenters. The van der Waals surface area contributed by atoms with Crippen molar-refractivity contribution in [3.8, 4) is 0 Å². The molecule has 0 aliphatic carbocycles. The Hall–Kier alpha value is -2.69. The number of hydrogen-bond donors (Lipinski definition) is 2. The Kier molecular flexibility index (Phi) is 4.66. The molecule has 21 heavy (non-hydrogen) atoms. The monoisotopic (exact) mass is 282 g/mol. The molecular formula is C16H18N4O. The molecule has 0 saturated heterocycles. The van der Waals surface area contributed by atoms with Crippen molar-refractivity contribution in [2.75, 3.05) is 11.9 Å². The van der Waals surface area contributed by atoms with E-state index < -0.39 is 0 Å². The molecular weight excluding hydrogens is 264 g/mol. The van der Waals surface area contributed by atoms with Crippen LogP contribution in [0.2, 0.25) is 0 Å². The topological polar surface area (TPSA) is 66.9 Å². The normalized spacial score (nSPS) is 10.0. The lowest BCUT2D eigenvalue weighted by Gasteiger charge is -2.09. The zero-order valence-electron chi connectivity index (χ0n) is 12.2. The average Bonchev–Trinajstić information content (AvgIpc) is 2.48. The molecule has 1 heterocycles. The van der Waals surface area contributed by atoms with Crippen LogP contribution in [0.15, 0.2) is 43.0 Å². The van der Waals surface area contributed by atoms with Gasteiger partial charge in [-0.05, 0) is 37.6 Å². The van der Waals surface area contributed by atoms with Gasteiger partial charge < -0.3 is 10.6 Å². The summed E-state index contributed by atoms with van der Waals surface area (Å²) in [7, 11) is 0. The van der Waals surface area contributed by atoms with Crippen molar-refractivity contribution in [2.45, 2.75) is 13.8 Å². The van der Waals surface area contributed by atoms with Crippen LogP contribution in [0.4, 0.5) is 11.5 Å². The largest absolute Gasteiger partial charge is 0.347 e. The molecule has 1 aromatic carbocycles. The highest BCUT2D eigenvalue weighted by Gasteiger charge is 2.07. The van der Waals surface area contributed by atoms with Crippen LogP contribution in [0.5, 0.6) is 0 Å². The Bertz CT molecular complexity index is 650. The van der Waals surface area contributed by atoms with E-state index in [1.807, 2.05) is 26.0 Å². The van der Waals surface area contributed by atoms with Crippen molar-refractivity contribution in [3.05, 3.63) is 59.8 Å². The quantitative estimate of drug-likeness (QED) is 0.827. The van der Waals surface area contributed by atoms with Gasteiger partial charge in [-0.3, -0.25) is 4.79 Å². The van der Waals surface area contributed by atoms with E-state index >= 15 is 0 Å². The van der Waals surface area contributed by atoms with Crippen LogP contribution in [0.1, 0.15) is 21.6 Å². The first-order valence-corrected chi connectivity index (χ1v) is 6.67. The third-order valence-corrected chi connectivity index (χ3v) is 2.95. The molecule has 108 valence electrons. The van der Waals surface area contributed by atoms with Gasteiger partial charge in [0.05, 0.1) is 0 Å². The summed E-state index contributed by atoms with van der Waals surface area (Å²) in [6, 6.07) is 9.48. The maximum absolute atomic E-state index is 11.7. The van der Waals surface area contributed by atoms with Crippen LogP contribution in [-0.4, -0.2) is 22.6 Å². The maximum Gasteiger partial charge on any atom is 0.272 e. The number of aryl methyl sites for hydroxylation is 2. The van der Waals surface area contributed by atoms with Gasteiger partial charge in [-0.15, -0.1) is 16.8 Å². The second-order valence-corrected chi connectivity index (χ2v) is 4.75. The van der Waals surface area contributed by atoms with E-state index in [9.17, 15) is 4.79 Å². The molecule has 0 bridgehead atoms. The molecule has 2 rings (SSSR count). The van der Waals surface area contributed by atoms with Crippen molar-refractivity contribution in [1.29, 1.82) is 0 Å². The number of rotatable bonds is 5. The third-order valence-electron chi connectivity index (χ3n) is 2.95. The molecule has 0 aliphatic rings. The smallest absolute Gasteiger partial charge is 0.272 e. The Labute approximate surface area is 124 Å². The minimum absolute atomic E-state index is 0.263. The van der Waals surface area contributed by atoms with E-state index in [4.69, 9.17) is 0 Å². The van der Waals surface area contributed by atoms with E-state index in [-0.39, 0.29) is 11.6 Å². The van der Waals surface area contributed by atoms with Gasteiger partial charge in [-0.25, -0.2) is 0 Å². The maximum atomic E-state index is 11.7. The highest BCUT2D eigenvalue weighted by Crippen LogP contribution is 2.19. The molecule has 1 aromatic heterocycles. The predicted molar refractivity (Wildman–Crippen MR) is 83.8 cm³/mol. The lowest BCUT2D eigenvalue weighted by molar-refractivity contribution is 0.0952. The number of nitrogens with zero attached hydrogens (tertiary/aromatic N) is 2. The summed E-state index contributed by atoms with van der Waals surface area (Å²) in [5.74, 6) is 0.336. The van der Waals surface area contributed by atoms with E-state index in [0.29, 0.717) is 12.4 Å². The van der Waals surface area contributed by atoms with Gasteiger partial charge in [0.15, 0.2) is 11.5 Å². The van der Waals surface area contributed by atoms with Crippen LogP contribution in [0, 0.1) is 13.8 Å². The molecule has 5 nitrogen and oxygen atoms in total. The first-order chi connectivity index (χ1) is 10.1. The van der Waals surface area contributed by atoms with Crippen molar-refractivity contribution in [1.82, 2.24) is 15.5 Å². The third kappa shape index (κ3) is 3.89. The first kappa shape index (κ1) is 14.7.